The fourth-order valence-corrected chi connectivity index (χ4v) is 1.38. The number of ether oxygens (including phenoxy) is 2. The van der Waals surface area contributed by atoms with Crippen molar-refractivity contribution in [2.24, 2.45) is 0 Å². The second-order valence-electron chi connectivity index (χ2n) is 4.97. The third kappa shape index (κ3) is 6.46. The lowest BCUT2D eigenvalue weighted by atomic mass is 10.2. The molecule has 0 spiro atoms. The Labute approximate surface area is 103 Å². The van der Waals surface area contributed by atoms with Crippen molar-refractivity contribution in [3.8, 4) is 0 Å². The molecular weight excluding hydrogens is 218 g/mol. The van der Waals surface area contributed by atoms with E-state index in [4.69, 9.17) is 13.9 Å². The van der Waals surface area contributed by atoms with Crippen LogP contribution in [0.15, 0.2) is 16.7 Å². The molecule has 0 radical (unpaired) electrons. The van der Waals surface area contributed by atoms with E-state index in [1.165, 1.54) is 0 Å². The molecule has 0 unspecified atom stereocenters. The van der Waals surface area contributed by atoms with Gasteiger partial charge in [0.15, 0.2) is 0 Å². The molecule has 98 valence electrons. The van der Waals surface area contributed by atoms with Gasteiger partial charge >= 0.3 is 0 Å². The number of nitrogens with one attached hydrogen (secondary N) is 1. The fraction of sp³-hybridized carbons (Fsp3) is 0.692. The van der Waals surface area contributed by atoms with E-state index in [9.17, 15) is 0 Å². The molecule has 4 heteroatoms. The van der Waals surface area contributed by atoms with Crippen LogP contribution in [0.1, 0.15) is 32.1 Å². The summed E-state index contributed by atoms with van der Waals surface area (Å²) in [7, 11) is 1.91. The summed E-state index contributed by atoms with van der Waals surface area (Å²) in [4.78, 5) is 0. The van der Waals surface area contributed by atoms with E-state index in [1.54, 1.807) is 6.26 Å². The molecule has 0 aliphatic heterocycles. The van der Waals surface area contributed by atoms with Crippen LogP contribution < -0.4 is 5.32 Å². The molecular formula is C13H23NO3. The zero-order valence-electron chi connectivity index (χ0n) is 11.2. The topological polar surface area (TPSA) is 43.6 Å². The van der Waals surface area contributed by atoms with Gasteiger partial charge in [0.2, 0.25) is 0 Å². The maximum Gasteiger partial charge on any atom is 0.129 e. The van der Waals surface area contributed by atoms with Crippen LogP contribution in [0.25, 0.3) is 0 Å². The van der Waals surface area contributed by atoms with Crippen LogP contribution >= 0.6 is 0 Å². The van der Waals surface area contributed by atoms with Crippen LogP contribution in [0, 0.1) is 0 Å². The first kappa shape index (κ1) is 14.2. The highest BCUT2D eigenvalue weighted by atomic mass is 16.5. The Morgan fingerprint density at radius 2 is 2.06 bits per heavy atom. The van der Waals surface area contributed by atoms with Crippen molar-refractivity contribution >= 4 is 0 Å². The minimum absolute atomic E-state index is 0.103. The molecule has 1 aromatic rings. The number of furan rings is 1. The highest BCUT2D eigenvalue weighted by molar-refractivity contribution is 5.11. The molecule has 1 heterocycles. The summed E-state index contributed by atoms with van der Waals surface area (Å²) in [6, 6.07) is 2.00. The maximum absolute atomic E-state index is 5.55. The first-order valence-electron chi connectivity index (χ1n) is 5.94. The lowest BCUT2D eigenvalue weighted by Gasteiger charge is -2.19. The predicted molar refractivity (Wildman–Crippen MR) is 66.8 cm³/mol. The van der Waals surface area contributed by atoms with Gasteiger partial charge in [-0.25, -0.2) is 0 Å². The van der Waals surface area contributed by atoms with Crippen LogP contribution in [0.3, 0.4) is 0 Å². The van der Waals surface area contributed by atoms with E-state index in [0.717, 1.165) is 17.9 Å². The van der Waals surface area contributed by atoms with Crippen molar-refractivity contribution in [1.29, 1.82) is 0 Å². The molecule has 1 N–H and O–H groups in total. The fourth-order valence-electron chi connectivity index (χ4n) is 1.38. The van der Waals surface area contributed by atoms with Crippen molar-refractivity contribution in [3.05, 3.63) is 23.7 Å². The second kappa shape index (κ2) is 6.79. The first-order valence-corrected chi connectivity index (χ1v) is 5.94. The van der Waals surface area contributed by atoms with E-state index in [1.807, 2.05) is 33.9 Å². The molecule has 0 saturated heterocycles. The standard InChI is InChI=1S/C13H23NO3/c1-13(2,3)17-6-5-15-10-12-7-11(8-14-4)9-16-12/h7,9,14H,5-6,8,10H2,1-4H3. The Balaban J connectivity index is 2.13. The van der Waals surface area contributed by atoms with Gasteiger partial charge in [0.25, 0.3) is 0 Å². The van der Waals surface area contributed by atoms with E-state index >= 15 is 0 Å². The summed E-state index contributed by atoms with van der Waals surface area (Å²) in [5, 5.41) is 3.07. The lowest BCUT2D eigenvalue weighted by Crippen LogP contribution is -2.21. The molecule has 0 aliphatic rings. The van der Waals surface area contributed by atoms with Crippen molar-refractivity contribution in [3.63, 3.8) is 0 Å². The van der Waals surface area contributed by atoms with Gasteiger partial charge in [-0.1, -0.05) is 0 Å². The molecule has 0 bridgehead atoms. The van der Waals surface area contributed by atoms with E-state index in [2.05, 4.69) is 5.32 Å². The van der Waals surface area contributed by atoms with Gasteiger partial charge in [-0.05, 0) is 33.9 Å². The number of hydrogen-bond acceptors (Lipinski definition) is 4. The van der Waals surface area contributed by atoms with Crippen molar-refractivity contribution < 1.29 is 13.9 Å². The molecule has 0 saturated carbocycles. The summed E-state index contributed by atoms with van der Waals surface area (Å²) in [6.07, 6.45) is 1.75. The molecule has 0 aromatic carbocycles. The summed E-state index contributed by atoms with van der Waals surface area (Å²) >= 11 is 0. The Kier molecular flexibility index (Phi) is 5.68. The first-order chi connectivity index (χ1) is 8.01. The second-order valence-corrected chi connectivity index (χ2v) is 4.97. The molecule has 0 amide bonds. The zero-order chi connectivity index (χ0) is 12.7. The van der Waals surface area contributed by atoms with Crippen LogP contribution in [0.5, 0.6) is 0 Å². The van der Waals surface area contributed by atoms with Crippen molar-refractivity contribution in [1.82, 2.24) is 5.32 Å². The van der Waals surface area contributed by atoms with E-state index < -0.39 is 0 Å². The van der Waals surface area contributed by atoms with Crippen LogP contribution in [0.4, 0.5) is 0 Å². The van der Waals surface area contributed by atoms with Crippen LogP contribution in [-0.4, -0.2) is 25.9 Å². The maximum atomic E-state index is 5.55. The SMILES string of the molecule is CNCc1coc(COCCOC(C)(C)C)c1. The quantitative estimate of drug-likeness (QED) is 0.744. The average Bonchev–Trinajstić information content (AvgIpc) is 2.64. The zero-order valence-corrected chi connectivity index (χ0v) is 11.2. The Hall–Kier alpha value is -0.840. The van der Waals surface area contributed by atoms with E-state index in [0.29, 0.717) is 19.8 Å². The van der Waals surface area contributed by atoms with Crippen molar-refractivity contribution in [2.45, 2.75) is 39.5 Å². The van der Waals surface area contributed by atoms with Gasteiger partial charge in [0, 0.05) is 12.1 Å². The molecule has 1 rings (SSSR count). The molecule has 0 fully saturated rings. The minimum atomic E-state index is -0.103. The molecule has 0 aliphatic carbocycles. The number of hydrogen-bond donors (Lipinski definition) is 1. The summed E-state index contributed by atoms with van der Waals surface area (Å²) in [6.45, 7) is 8.59. The average molecular weight is 241 g/mol. The van der Waals surface area contributed by atoms with Gasteiger partial charge in [-0.2, -0.15) is 0 Å². The number of rotatable bonds is 7. The normalized spacial score (nSPS) is 12.0. The van der Waals surface area contributed by atoms with Gasteiger partial charge in [0.1, 0.15) is 12.4 Å². The monoisotopic (exact) mass is 241 g/mol. The highest BCUT2D eigenvalue weighted by Crippen LogP contribution is 2.09. The predicted octanol–water partition coefficient (Wildman–Crippen LogP) is 2.33. The van der Waals surface area contributed by atoms with Gasteiger partial charge < -0.3 is 19.2 Å². The molecule has 4 nitrogen and oxygen atoms in total. The van der Waals surface area contributed by atoms with Gasteiger partial charge in [-0.3, -0.25) is 0 Å². The summed E-state index contributed by atoms with van der Waals surface area (Å²) in [5.74, 6) is 0.853. The smallest absolute Gasteiger partial charge is 0.129 e. The largest absolute Gasteiger partial charge is 0.467 e. The van der Waals surface area contributed by atoms with E-state index in [-0.39, 0.29) is 5.60 Å². The van der Waals surface area contributed by atoms with Crippen LogP contribution in [-0.2, 0) is 22.6 Å². The Morgan fingerprint density at radius 3 is 2.71 bits per heavy atom. The third-order valence-corrected chi connectivity index (χ3v) is 2.10. The van der Waals surface area contributed by atoms with Crippen molar-refractivity contribution in [2.75, 3.05) is 20.3 Å². The molecule has 1 aromatic heterocycles. The summed E-state index contributed by atoms with van der Waals surface area (Å²) in [5.41, 5.74) is 1.03. The lowest BCUT2D eigenvalue weighted by molar-refractivity contribution is -0.0394. The Bertz CT molecular complexity index is 315. The Morgan fingerprint density at radius 1 is 1.29 bits per heavy atom. The molecule has 0 atom stereocenters. The molecule has 17 heavy (non-hydrogen) atoms. The summed E-state index contributed by atoms with van der Waals surface area (Å²) < 4.78 is 16.4. The van der Waals surface area contributed by atoms with Gasteiger partial charge in [-0.15, -0.1) is 0 Å². The minimum Gasteiger partial charge on any atom is -0.467 e. The highest BCUT2D eigenvalue weighted by Gasteiger charge is 2.09. The van der Waals surface area contributed by atoms with Gasteiger partial charge in [0.05, 0.1) is 25.1 Å². The third-order valence-electron chi connectivity index (χ3n) is 2.10. The van der Waals surface area contributed by atoms with Crippen LogP contribution in [0.2, 0.25) is 0 Å².